The van der Waals surface area contributed by atoms with Gasteiger partial charge < -0.3 is 30.5 Å². The van der Waals surface area contributed by atoms with Crippen molar-refractivity contribution < 1.29 is 28.7 Å². The summed E-state index contributed by atoms with van der Waals surface area (Å²) in [7, 11) is 3.46. The van der Waals surface area contributed by atoms with Gasteiger partial charge in [0.1, 0.15) is 23.6 Å². The number of aromatic nitrogens is 1. The Balaban J connectivity index is 1.56. The fraction of sp³-hybridized carbons (Fsp3) is 0.463. The van der Waals surface area contributed by atoms with Crippen LogP contribution in [0.3, 0.4) is 0 Å². The lowest BCUT2D eigenvalue weighted by Gasteiger charge is -2.35. The molecule has 12 nitrogen and oxygen atoms in total. The van der Waals surface area contributed by atoms with Crippen LogP contribution in [0.15, 0.2) is 66.9 Å². The van der Waals surface area contributed by atoms with E-state index in [1.54, 1.807) is 67.2 Å². The summed E-state index contributed by atoms with van der Waals surface area (Å²) in [4.78, 5) is 74.1. The van der Waals surface area contributed by atoms with E-state index in [1.807, 2.05) is 58.9 Å². The molecule has 0 fully saturated rings. The van der Waals surface area contributed by atoms with Gasteiger partial charge in [-0.05, 0) is 78.1 Å². The number of hydrogen-bond acceptors (Lipinski definition) is 7. The molecule has 0 saturated carbocycles. The van der Waals surface area contributed by atoms with E-state index in [9.17, 15) is 24.0 Å². The van der Waals surface area contributed by atoms with Crippen molar-refractivity contribution in [1.29, 1.82) is 0 Å². The average molecular weight is 727 g/mol. The smallest absolute Gasteiger partial charge is 0.270 e. The highest BCUT2D eigenvalue weighted by molar-refractivity contribution is 6.03. The quantitative estimate of drug-likeness (QED) is 0.311. The van der Waals surface area contributed by atoms with Crippen LogP contribution in [0.2, 0.25) is 0 Å². The molecule has 1 atom stereocenters. The minimum Gasteiger partial charge on any atom is -0.490 e. The van der Waals surface area contributed by atoms with Crippen LogP contribution in [0.25, 0.3) is 0 Å². The van der Waals surface area contributed by atoms with Crippen molar-refractivity contribution >= 4 is 35.2 Å². The third-order valence-corrected chi connectivity index (χ3v) is 9.14. The van der Waals surface area contributed by atoms with E-state index >= 15 is 0 Å². The summed E-state index contributed by atoms with van der Waals surface area (Å²) >= 11 is 0. The molecule has 4 aliphatic heterocycles. The van der Waals surface area contributed by atoms with E-state index in [2.05, 4.69) is 20.9 Å². The molecule has 0 radical (unpaired) electrons. The molecule has 3 aromatic rings. The highest BCUT2D eigenvalue weighted by Gasteiger charge is 2.39. The zero-order chi connectivity index (χ0) is 39.0. The number of likely N-dealkylation sites (N-methyl/N-ethyl adjacent to an activating group) is 2. The van der Waals surface area contributed by atoms with Crippen LogP contribution in [0, 0.1) is 10.8 Å². The van der Waals surface area contributed by atoms with Crippen molar-refractivity contribution in [3.8, 4) is 5.75 Å². The Kier molecular flexibility index (Phi) is 13.0. The molecule has 0 spiro atoms. The second-order valence-corrected chi connectivity index (χ2v) is 16.2. The Labute approximate surface area is 313 Å². The summed E-state index contributed by atoms with van der Waals surface area (Å²) in [6.45, 7) is 12.8. The van der Waals surface area contributed by atoms with E-state index in [0.29, 0.717) is 48.5 Å². The maximum Gasteiger partial charge on any atom is 0.270 e. The topological polar surface area (TPSA) is 150 Å². The molecule has 5 heterocycles. The number of carbonyl (C=O) groups is 5. The number of nitrogens with one attached hydrogen (secondary N) is 3. The molecule has 4 aliphatic rings. The number of carbonyl (C=O) groups excluding carboxylic acids is 5. The zero-order valence-corrected chi connectivity index (χ0v) is 32.3. The number of rotatable bonds is 1. The van der Waals surface area contributed by atoms with E-state index < -0.39 is 22.8 Å². The van der Waals surface area contributed by atoms with Crippen LogP contribution < -0.4 is 20.7 Å². The minimum absolute atomic E-state index is 0.0513. The summed E-state index contributed by atoms with van der Waals surface area (Å²) in [5, 5.41) is 8.81. The van der Waals surface area contributed by atoms with Crippen LogP contribution in [0.1, 0.15) is 92.8 Å². The van der Waals surface area contributed by atoms with E-state index in [0.717, 1.165) is 5.56 Å². The molecule has 2 aromatic carbocycles. The molecule has 5 amide bonds. The number of ether oxygens (including phenoxy) is 1. The van der Waals surface area contributed by atoms with E-state index in [-0.39, 0.29) is 54.8 Å². The summed E-state index contributed by atoms with van der Waals surface area (Å²) in [5.74, 6) is -0.861. The first-order chi connectivity index (χ1) is 24.8. The third-order valence-electron chi connectivity index (χ3n) is 9.14. The van der Waals surface area contributed by atoms with Gasteiger partial charge in [-0.2, -0.15) is 0 Å². The fourth-order valence-electron chi connectivity index (χ4n) is 6.28. The van der Waals surface area contributed by atoms with Crippen molar-refractivity contribution in [2.75, 3.05) is 39.1 Å². The highest BCUT2D eigenvalue weighted by atomic mass is 16.5. The second kappa shape index (κ2) is 17.0. The average Bonchev–Trinajstić information content (AvgIpc) is 3.08. The Morgan fingerprint density at radius 3 is 2.09 bits per heavy atom. The third kappa shape index (κ3) is 12.2. The van der Waals surface area contributed by atoms with Gasteiger partial charge in [0.05, 0.1) is 12.7 Å². The molecule has 0 unspecified atom stereocenters. The van der Waals surface area contributed by atoms with Gasteiger partial charge in [0.2, 0.25) is 17.7 Å². The lowest BCUT2D eigenvalue weighted by Crippen LogP contribution is -2.56. The van der Waals surface area contributed by atoms with Gasteiger partial charge in [0.15, 0.2) is 0 Å². The van der Waals surface area contributed by atoms with Crippen LogP contribution >= 0.6 is 0 Å². The van der Waals surface area contributed by atoms with Gasteiger partial charge in [0, 0.05) is 51.3 Å². The maximum absolute atomic E-state index is 13.8. The lowest BCUT2D eigenvalue weighted by molar-refractivity contribution is -0.135. The number of benzene rings is 2. The normalized spacial score (nSPS) is 20.2. The van der Waals surface area contributed by atoms with Crippen molar-refractivity contribution in [1.82, 2.24) is 25.4 Å². The van der Waals surface area contributed by atoms with Crippen LogP contribution in [0.4, 0.5) is 5.69 Å². The predicted molar refractivity (Wildman–Crippen MR) is 204 cm³/mol. The second-order valence-electron chi connectivity index (χ2n) is 16.2. The Morgan fingerprint density at radius 2 is 1.47 bits per heavy atom. The molecule has 7 rings (SSSR count). The first-order valence-electron chi connectivity index (χ1n) is 18.0. The standard InChI is InChI=1S/C41H54N6O6/c1-39(2,3)27-41(6)38(52)44-31-14-12-28(13-15-31)18-19-46(7)34(48)23-40(4,5)24-35(49)47(8)20-21-53-32-16-17-33(42-26-32)37(51)43-25-29-10-9-11-30(22-29)36(50)45-41/h9-17,22,26H,18-21,23-25,27H2,1-8H3,(H,43,51)(H,44,52)(H,45,50)/t41-/m1/s1. The number of amides is 5. The van der Waals surface area contributed by atoms with Crippen molar-refractivity contribution in [3.05, 3.63) is 89.2 Å². The lowest BCUT2D eigenvalue weighted by atomic mass is 9.80. The first kappa shape index (κ1) is 40.5. The molecule has 0 saturated heterocycles. The van der Waals surface area contributed by atoms with Crippen molar-refractivity contribution in [2.45, 2.75) is 79.3 Å². The predicted octanol–water partition coefficient (Wildman–Crippen LogP) is 5.23. The highest BCUT2D eigenvalue weighted by Crippen LogP contribution is 2.30. The van der Waals surface area contributed by atoms with Gasteiger partial charge in [0.25, 0.3) is 11.8 Å². The molecule has 53 heavy (non-hydrogen) atoms. The van der Waals surface area contributed by atoms with Crippen molar-refractivity contribution in [3.63, 3.8) is 0 Å². The molecule has 284 valence electrons. The monoisotopic (exact) mass is 726 g/mol. The summed E-state index contributed by atoms with van der Waals surface area (Å²) in [6.07, 6.45) is 2.84. The van der Waals surface area contributed by atoms with Gasteiger partial charge in [-0.15, -0.1) is 0 Å². The summed E-state index contributed by atoms with van der Waals surface area (Å²) < 4.78 is 5.78. The largest absolute Gasteiger partial charge is 0.490 e. The van der Waals surface area contributed by atoms with Crippen LogP contribution in [0.5, 0.6) is 5.75 Å². The van der Waals surface area contributed by atoms with Gasteiger partial charge >= 0.3 is 0 Å². The van der Waals surface area contributed by atoms with Crippen molar-refractivity contribution in [2.24, 2.45) is 10.8 Å². The Hall–Kier alpha value is -5.26. The Morgan fingerprint density at radius 1 is 0.811 bits per heavy atom. The van der Waals surface area contributed by atoms with Gasteiger partial charge in [-0.25, -0.2) is 4.98 Å². The SMILES string of the molecule is CN1CCOc2ccc(nc2)C(=O)NCc2cccc(c2)C(=O)N[C@](C)(CC(C)(C)C)C(=O)Nc2ccc(cc2)CCN(C)C(=O)CC(C)(C)CC1=O. The molecule has 3 N–H and O–H groups in total. The zero-order valence-electron chi connectivity index (χ0n) is 32.3. The number of hydrogen-bond donors (Lipinski definition) is 3. The van der Waals surface area contributed by atoms with Crippen LogP contribution in [-0.2, 0) is 27.3 Å². The first-order valence-corrected chi connectivity index (χ1v) is 18.0. The van der Waals surface area contributed by atoms with Gasteiger partial charge in [-0.1, -0.05) is 58.9 Å². The Bertz CT molecular complexity index is 1780. The minimum atomic E-state index is -1.25. The molecule has 6 bridgehead atoms. The number of pyridine rings is 1. The number of anilines is 1. The molecule has 1 aromatic heterocycles. The molecule has 0 aliphatic carbocycles. The molecule has 12 heteroatoms. The summed E-state index contributed by atoms with van der Waals surface area (Å²) in [6, 6.07) is 17.5. The summed E-state index contributed by atoms with van der Waals surface area (Å²) in [5.41, 5.74) is 0.701. The molecular weight excluding hydrogens is 672 g/mol. The fourth-order valence-corrected chi connectivity index (χ4v) is 6.28. The molecular formula is C41H54N6O6. The van der Waals surface area contributed by atoms with Gasteiger partial charge in [-0.3, -0.25) is 24.0 Å². The maximum atomic E-state index is 13.8. The van der Waals surface area contributed by atoms with Crippen LogP contribution in [-0.4, -0.2) is 83.7 Å². The van der Waals surface area contributed by atoms with E-state index in [1.165, 1.54) is 6.20 Å². The number of nitrogens with zero attached hydrogens (tertiary/aromatic N) is 3. The van der Waals surface area contributed by atoms with E-state index in [4.69, 9.17) is 4.74 Å².